The molecule has 0 atom stereocenters. The molecule has 5 heteroatoms. The molecule has 1 saturated carbocycles. The zero-order chi connectivity index (χ0) is 15.4. The first kappa shape index (κ1) is 17.2. The molecule has 5 nitrogen and oxygen atoms in total. The third-order valence-corrected chi connectivity index (χ3v) is 3.26. The molecule has 1 rings (SSSR count). The Balaban J connectivity index is 2.64. The average molecular weight is 288 g/mol. The van der Waals surface area contributed by atoms with E-state index in [-0.39, 0.29) is 5.41 Å². The number of ether oxygens (including phenoxy) is 1. The Labute approximate surface area is 121 Å². The van der Waals surface area contributed by atoms with Crippen LogP contribution < -0.4 is 0 Å². The first-order valence-corrected chi connectivity index (χ1v) is 7.33. The summed E-state index contributed by atoms with van der Waals surface area (Å²) >= 11 is 0. The van der Waals surface area contributed by atoms with Crippen molar-refractivity contribution in [3.63, 3.8) is 0 Å². The van der Waals surface area contributed by atoms with Crippen molar-refractivity contribution in [3.05, 3.63) is 0 Å². The van der Waals surface area contributed by atoms with Crippen molar-refractivity contribution in [1.82, 2.24) is 0 Å². The van der Waals surface area contributed by atoms with Crippen LogP contribution in [0.2, 0.25) is 0 Å². The predicted molar refractivity (Wildman–Crippen MR) is 75.2 cm³/mol. The predicted octanol–water partition coefficient (Wildman–Crippen LogP) is 4.50. The van der Waals surface area contributed by atoms with Crippen molar-refractivity contribution < 1.29 is 24.4 Å². The lowest BCUT2D eigenvalue weighted by atomic mass is 9.84. The van der Waals surface area contributed by atoms with Crippen LogP contribution in [0.25, 0.3) is 0 Å². The first-order chi connectivity index (χ1) is 9.04. The minimum Gasteiger partial charge on any atom is -0.450 e. The number of hydrogen-bond donors (Lipinski definition) is 1. The lowest BCUT2D eigenvalue weighted by Crippen LogP contribution is -2.43. The fourth-order valence-electron chi connectivity index (χ4n) is 2.95. The highest BCUT2D eigenvalue weighted by atomic mass is 17.2. The lowest BCUT2D eigenvalue weighted by Gasteiger charge is -2.38. The lowest BCUT2D eigenvalue weighted by molar-refractivity contribution is -0.460. The van der Waals surface area contributed by atoms with E-state index in [4.69, 9.17) is 19.6 Å². The summed E-state index contributed by atoms with van der Waals surface area (Å²) in [6, 6.07) is 0. The smallest absolute Gasteiger partial charge is 0.450 e. The summed E-state index contributed by atoms with van der Waals surface area (Å²) in [5.74, 6) is -1.14. The van der Waals surface area contributed by atoms with E-state index in [0.717, 1.165) is 25.7 Å². The van der Waals surface area contributed by atoms with Gasteiger partial charge < -0.3 is 9.84 Å². The maximum Gasteiger partial charge on any atom is 0.508 e. The molecule has 0 amide bonds. The van der Waals surface area contributed by atoms with Gasteiger partial charge in [0.1, 0.15) is 0 Å². The Morgan fingerprint density at radius 3 is 2.10 bits per heavy atom. The minimum atomic E-state index is -1.32. The van der Waals surface area contributed by atoms with Gasteiger partial charge in [-0.05, 0) is 38.5 Å². The fraction of sp³-hybridized carbons (Fsp3) is 0.933. The minimum absolute atomic E-state index is 0.0975. The molecule has 0 heterocycles. The van der Waals surface area contributed by atoms with Gasteiger partial charge in [0.15, 0.2) is 0 Å². The zero-order valence-electron chi connectivity index (χ0n) is 13.3. The van der Waals surface area contributed by atoms with Crippen LogP contribution in [0.3, 0.4) is 0 Å². The summed E-state index contributed by atoms with van der Waals surface area (Å²) in [7, 11) is 0. The molecule has 1 fully saturated rings. The van der Waals surface area contributed by atoms with Crippen molar-refractivity contribution in [2.45, 2.75) is 84.5 Å². The molecule has 1 aliphatic rings. The topological polar surface area (TPSA) is 65.0 Å². The summed E-state index contributed by atoms with van der Waals surface area (Å²) in [5.41, 5.74) is -0.398. The Bertz CT molecular complexity index is 324. The largest absolute Gasteiger partial charge is 0.508 e. The van der Waals surface area contributed by atoms with Gasteiger partial charge in [-0.15, -0.1) is 0 Å². The van der Waals surface area contributed by atoms with Gasteiger partial charge in [0.05, 0.1) is 5.60 Å². The molecule has 0 radical (unpaired) electrons. The van der Waals surface area contributed by atoms with Gasteiger partial charge in [-0.3, -0.25) is 0 Å². The van der Waals surface area contributed by atoms with Gasteiger partial charge in [0, 0.05) is 12.8 Å². The zero-order valence-corrected chi connectivity index (χ0v) is 13.3. The Kier molecular flexibility index (Phi) is 5.44. The maximum absolute atomic E-state index is 10.9. The molecular weight excluding hydrogens is 260 g/mol. The average Bonchev–Trinajstić information content (AvgIpc) is 2.24. The number of rotatable bonds is 5. The van der Waals surface area contributed by atoms with E-state index in [1.165, 1.54) is 0 Å². The van der Waals surface area contributed by atoms with Crippen LogP contribution >= 0.6 is 0 Å². The monoisotopic (exact) mass is 288 g/mol. The molecule has 0 spiro atoms. The van der Waals surface area contributed by atoms with Crippen LogP contribution in [0.5, 0.6) is 0 Å². The van der Waals surface area contributed by atoms with Gasteiger partial charge in [0.2, 0.25) is 5.79 Å². The van der Waals surface area contributed by atoms with Crippen molar-refractivity contribution in [3.8, 4) is 0 Å². The number of carboxylic acid groups (broad SMARTS) is 1. The highest BCUT2D eigenvalue weighted by molar-refractivity contribution is 5.57. The van der Waals surface area contributed by atoms with E-state index in [9.17, 15) is 4.79 Å². The third-order valence-electron chi connectivity index (χ3n) is 3.26. The molecule has 1 aliphatic carbocycles. The molecule has 0 aromatic carbocycles. The standard InChI is InChI=1S/C15H28O5/c1-13(2,3)11-14(4,5)19-20-15(18-12(16)17)9-7-6-8-10-15/h6-11H2,1-5H3,(H,16,17). The molecular formula is C15H28O5. The molecule has 0 saturated heterocycles. The van der Waals surface area contributed by atoms with Crippen LogP contribution in [0.15, 0.2) is 0 Å². The highest BCUT2D eigenvalue weighted by Crippen LogP contribution is 2.36. The molecule has 118 valence electrons. The van der Waals surface area contributed by atoms with Crippen LogP contribution in [0, 0.1) is 5.41 Å². The summed E-state index contributed by atoms with van der Waals surface area (Å²) in [5, 5.41) is 8.89. The molecule has 0 aromatic rings. The van der Waals surface area contributed by atoms with E-state index < -0.39 is 17.5 Å². The van der Waals surface area contributed by atoms with Crippen LogP contribution in [-0.2, 0) is 14.5 Å². The molecule has 0 aromatic heterocycles. The fourth-order valence-corrected chi connectivity index (χ4v) is 2.95. The summed E-state index contributed by atoms with van der Waals surface area (Å²) in [6.45, 7) is 10.3. The van der Waals surface area contributed by atoms with Crippen molar-refractivity contribution in [1.29, 1.82) is 0 Å². The SMILES string of the molecule is CC(C)(C)CC(C)(C)OOC1(OC(=O)O)CCCCC1. The Morgan fingerprint density at radius 2 is 1.65 bits per heavy atom. The molecule has 0 aliphatic heterocycles. The van der Waals surface area contributed by atoms with E-state index in [1.54, 1.807) is 0 Å². The van der Waals surface area contributed by atoms with Crippen molar-refractivity contribution >= 4 is 6.16 Å². The normalized spacial score (nSPS) is 19.6. The Hall–Kier alpha value is -0.810. The van der Waals surface area contributed by atoms with E-state index in [0.29, 0.717) is 12.8 Å². The van der Waals surface area contributed by atoms with Gasteiger partial charge >= 0.3 is 6.16 Å². The van der Waals surface area contributed by atoms with E-state index in [2.05, 4.69) is 20.8 Å². The summed E-state index contributed by atoms with van der Waals surface area (Å²) in [6.07, 6.45) is 3.41. The second kappa shape index (κ2) is 6.31. The maximum atomic E-state index is 10.9. The van der Waals surface area contributed by atoms with Gasteiger partial charge in [-0.1, -0.05) is 27.2 Å². The van der Waals surface area contributed by atoms with Crippen molar-refractivity contribution in [2.24, 2.45) is 5.41 Å². The third kappa shape index (κ3) is 6.09. The van der Waals surface area contributed by atoms with Crippen LogP contribution in [0.4, 0.5) is 4.79 Å². The molecule has 0 bridgehead atoms. The first-order valence-electron chi connectivity index (χ1n) is 7.33. The van der Waals surface area contributed by atoms with E-state index in [1.807, 2.05) is 13.8 Å². The van der Waals surface area contributed by atoms with Crippen molar-refractivity contribution in [2.75, 3.05) is 0 Å². The second-order valence-electron chi connectivity index (χ2n) is 7.50. The number of carbonyl (C=O) groups is 1. The molecule has 20 heavy (non-hydrogen) atoms. The van der Waals surface area contributed by atoms with Gasteiger partial charge in [0.25, 0.3) is 0 Å². The van der Waals surface area contributed by atoms with Gasteiger partial charge in [-0.25, -0.2) is 9.68 Å². The van der Waals surface area contributed by atoms with E-state index >= 15 is 0 Å². The van der Waals surface area contributed by atoms with Crippen LogP contribution in [-0.4, -0.2) is 22.7 Å². The Morgan fingerprint density at radius 1 is 1.10 bits per heavy atom. The number of hydrogen-bond acceptors (Lipinski definition) is 4. The molecule has 1 N–H and O–H groups in total. The highest BCUT2D eigenvalue weighted by Gasteiger charge is 2.41. The summed E-state index contributed by atoms with van der Waals surface area (Å²) in [4.78, 5) is 21.9. The van der Waals surface area contributed by atoms with Gasteiger partial charge in [-0.2, -0.15) is 4.89 Å². The van der Waals surface area contributed by atoms with Crippen LogP contribution in [0.1, 0.15) is 73.1 Å². The second-order valence-corrected chi connectivity index (χ2v) is 7.50. The summed E-state index contributed by atoms with van der Waals surface area (Å²) < 4.78 is 4.97. The quantitative estimate of drug-likeness (QED) is 0.349. The molecule has 0 unspecified atom stereocenters.